The Labute approximate surface area is 107 Å². The first-order chi connectivity index (χ1) is 8.86. The number of para-hydroxylation sites is 2. The summed E-state index contributed by atoms with van der Waals surface area (Å²) in [5.41, 5.74) is 0.763. The van der Waals surface area contributed by atoms with Gasteiger partial charge in [-0.2, -0.15) is 0 Å². The van der Waals surface area contributed by atoms with Crippen molar-refractivity contribution in [3.63, 3.8) is 0 Å². The molecule has 1 aromatic carbocycles. The number of thiazole rings is 1. The van der Waals surface area contributed by atoms with Crippen LogP contribution in [0.5, 0.6) is 11.5 Å². The summed E-state index contributed by atoms with van der Waals surface area (Å²) in [5, 5.41) is 4.93. The average Bonchev–Trinajstić information content (AvgIpc) is 2.87. The van der Waals surface area contributed by atoms with Gasteiger partial charge in [-0.15, -0.1) is 11.3 Å². The van der Waals surface area contributed by atoms with E-state index in [2.05, 4.69) is 10.3 Å². The van der Waals surface area contributed by atoms with Crippen molar-refractivity contribution in [2.24, 2.45) is 0 Å². The molecule has 1 aliphatic heterocycles. The van der Waals surface area contributed by atoms with Crippen LogP contribution in [0.1, 0.15) is 11.8 Å². The molecule has 1 amide bonds. The molecular formula is C12H10N2O3S. The summed E-state index contributed by atoms with van der Waals surface area (Å²) in [6.07, 6.45) is 0.370. The zero-order chi connectivity index (χ0) is 12.4. The molecule has 3 rings (SSSR count). The molecule has 1 N–H and O–H groups in total. The maximum Gasteiger partial charge on any atom is 0.213 e. The van der Waals surface area contributed by atoms with Crippen molar-refractivity contribution < 1.29 is 14.3 Å². The summed E-state index contributed by atoms with van der Waals surface area (Å²) in [6.45, 7) is 0.418. The molecule has 2 aromatic rings. The first-order valence-corrected chi connectivity index (χ1v) is 6.29. The summed E-state index contributed by atoms with van der Waals surface area (Å²) in [7, 11) is 0. The Kier molecular flexibility index (Phi) is 2.85. The lowest BCUT2D eigenvalue weighted by molar-refractivity contribution is -0.105. The number of nitrogens with zero attached hydrogens (tertiary/aromatic N) is 1. The summed E-state index contributed by atoms with van der Waals surface area (Å²) >= 11 is 1.36. The first-order valence-electron chi connectivity index (χ1n) is 5.41. The number of benzene rings is 1. The van der Waals surface area contributed by atoms with Crippen LogP contribution in [0.2, 0.25) is 0 Å². The fraction of sp³-hybridized carbons (Fsp3) is 0.167. The summed E-state index contributed by atoms with van der Waals surface area (Å²) in [4.78, 5) is 14.6. The first kappa shape index (κ1) is 11.0. The molecule has 5 nitrogen and oxygen atoms in total. The maximum atomic E-state index is 10.3. The van der Waals surface area contributed by atoms with Gasteiger partial charge in [-0.05, 0) is 12.1 Å². The average molecular weight is 262 g/mol. The quantitative estimate of drug-likeness (QED) is 0.862. The molecule has 0 saturated heterocycles. The lowest BCUT2D eigenvalue weighted by Gasteiger charge is -2.25. The van der Waals surface area contributed by atoms with Gasteiger partial charge < -0.3 is 14.8 Å². The monoisotopic (exact) mass is 262 g/mol. The number of ether oxygens (including phenoxy) is 2. The van der Waals surface area contributed by atoms with Crippen LogP contribution in [-0.4, -0.2) is 18.0 Å². The zero-order valence-corrected chi connectivity index (χ0v) is 10.1. The molecule has 0 radical (unpaired) electrons. The minimum atomic E-state index is -0.238. The van der Waals surface area contributed by atoms with E-state index in [4.69, 9.17) is 9.47 Å². The largest absolute Gasteiger partial charge is 0.485 e. The lowest BCUT2D eigenvalue weighted by Crippen LogP contribution is -2.21. The van der Waals surface area contributed by atoms with Crippen molar-refractivity contribution in [2.75, 3.05) is 11.9 Å². The third-order valence-electron chi connectivity index (χ3n) is 2.54. The molecule has 18 heavy (non-hydrogen) atoms. The second-order valence-corrected chi connectivity index (χ2v) is 4.56. The molecule has 1 aromatic heterocycles. The van der Waals surface area contributed by atoms with Gasteiger partial charge in [0.05, 0.1) is 5.69 Å². The van der Waals surface area contributed by atoms with Crippen molar-refractivity contribution in [3.8, 4) is 11.5 Å². The van der Waals surface area contributed by atoms with E-state index in [1.54, 1.807) is 0 Å². The number of fused-ring (bicyclic) bond motifs is 1. The molecule has 1 aliphatic rings. The Bertz CT molecular complexity index is 570. The molecule has 0 spiro atoms. The molecule has 1 atom stereocenters. The second-order valence-electron chi connectivity index (χ2n) is 3.70. The van der Waals surface area contributed by atoms with Crippen molar-refractivity contribution in [2.45, 2.75) is 6.10 Å². The van der Waals surface area contributed by atoms with Gasteiger partial charge in [0.2, 0.25) is 6.41 Å². The highest BCUT2D eigenvalue weighted by Gasteiger charge is 2.24. The Morgan fingerprint density at radius 3 is 3.06 bits per heavy atom. The number of carbonyl (C=O) groups is 1. The zero-order valence-electron chi connectivity index (χ0n) is 9.33. The third-order valence-corrected chi connectivity index (χ3v) is 3.33. The van der Waals surface area contributed by atoms with Gasteiger partial charge in [-0.1, -0.05) is 12.1 Å². The Balaban J connectivity index is 1.80. The van der Waals surface area contributed by atoms with Crippen molar-refractivity contribution in [1.29, 1.82) is 0 Å². The fourth-order valence-electron chi connectivity index (χ4n) is 1.72. The third kappa shape index (κ3) is 2.02. The Morgan fingerprint density at radius 2 is 2.22 bits per heavy atom. The predicted molar refractivity (Wildman–Crippen MR) is 67.1 cm³/mol. The second kappa shape index (κ2) is 4.66. The lowest BCUT2D eigenvalue weighted by atomic mass is 10.2. The van der Waals surface area contributed by atoms with Gasteiger partial charge in [0.15, 0.2) is 22.7 Å². The van der Waals surface area contributed by atoms with E-state index in [1.807, 2.05) is 29.6 Å². The highest BCUT2D eigenvalue weighted by atomic mass is 32.1. The van der Waals surface area contributed by atoms with E-state index in [0.717, 1.165) is 11.4 Å². The normalized spacial score (nSPS) is 17.2. The van der Waals surface area contributed by atoms with Gasteiger partial charge in [0, 0.05) is 5.38 Å². The maximum absolute atomic E-state index is 10.3. The minimum absolute atomic E-state index is 0.238. The van der Waals surface area contributed by atoms with Crippen molar-refractivity contribution in [3.05, 3.63) is 35.3 Å². The molecule has 0 fully saturated rings. The van der Waals surface area contributed by atoms with Crippen molar-refractivity contribution in [1.82, 2.24) is 4.98 Å². The SMILES string of the molecule is O=CNc1nc(C2COc3ccccc3O2)cs1. The number of amides is 1. The number of nitrogens with one attached hydrogen (secondary N) is 1. The molecule has 0 saturated carbocycles. The van der Waals surface area contributed by atoms with Crippen molar-refractivity contribution >= 4 is 22.9 Å². The van der Waals surface area contributed by atoms with Crippen LogP contribution in [-0.2, 0) is 4.79 Å². The van der Waals surface area contributed by atoms with Crippen LogP contribution in [0.4, 0.5) is 5.13 Å². The van der Waals surface area contributed by atoms with Crippen LogP contribution in [0.15, 0.2) is 29.6 Å². The molecule has 6 heteroatoms. The van der Waals surface area contributed by atoms with Gasteiger partial charge in [-0.3, -0.25) is 4.79 Å². The summed E-state index contributed by atoms with van der Waals surface area (Å²) in [5.74, 6) is 1.46. The number of hydrogen-bond donors (Lipinski definition) is 1. The molecule has 0 aliphatic carbocycles. The smallest absolute Gasteiger partial charge is 0.213 e. The van der Waals surface area contributed by atoms with E-state index in [1.165, 1.54) is 11.3 Å². The van der Waals surface area contributed by atoms with E-state index >= 15 is 0 Å². The van der Waals surface area contributed by atoms with Gasteiger partial charge in [0.1, 0.15) is 6.61 Å². The molecule has 0 bridgehead atoms. The van der Waals surface area contributed by atoms with Crippen LogP contribution < -0.4 is 14.8 Å². The molecular weight excluding hydrogens is 252 g/mol. The standard InChI is InChI=1S/C12H10N2O3S/c15-7-13-12-14-8(6-18-12)11-5-16-9-3-1-2-4-10(9)17-11/h1-4,6-7,11H,5H2,(H,13,14,15). The molecule has 92 valence electrons. The topological polar surface area (TPSA) is 60.5 Å². The Hall–Kier alpha value is -2.08. The molecule has 2 heterocycles. The van der Waals surface area contributed by atoms with Crippen LogP contribution in [0.25, 0.3) is 0 Å². The van der Waals surface area contributed by atoms with Crippen LogP contribution in [0.3, 0.4) is 0 Å². The number of anilines is 1. The number of carbonyl (C=O) groups excluding carboxylic acids is 1. The van der Waals surface area contributed by atoms with E-state index in [-0.39, 0.29) is 6.10 Å². The molecule has 1 unspecified atom stereocenters. The van der Waals surface area contributed by atoms with E-state index < -0.39 is 0 Å². The highest BCUT2D eigenvalue weighted by molar-refractivity contribution is 7.13. The van der Waals surface area contributed by atoms with Gasteiger partial charge in [-0.25, -0.2) is 4.98 Å². The van der Waals surface area contributed by atoms with E-state index in [0.29, 0.717) is 23.9 Å². The number of aromatic nitrogens is 1. The van der Waals surface area contributed by atoms with Gasteiger partial charge in [0.25, 0.3) is 0 Å². The number of rotatable bonds is 3. The van der Waals surface area contributed by atoms with Crippen LogP contribution >= 0.6 is 11.3 Å². The predicted octanol–water partition coefficient (Wildman–Crippen LogP) is 2.22. The Morgan fingerprint density at radius 1 is 1.39 bits per heavy atom. The highest BCUT2D eigenvalue weighted by Crippen LogP contribution is 2.36. The fourth-order valence-corrected chi connectivity index (χ4v) is 2.43. The summed E-state index contributed by atoms with van der Waals surface area (Å²) in [6, 6.07) is 7.52. The summed E-state index contributed by atoms with van der Waals surface area (Å²) < 4.78 is 11.4. The van der Waals surface area contributed by atoms with Gasteiger partial charge >= 0.3 is 0 Å². The van der Waals surface area contributed by atoms with Crippen LogP contribution in [0, 0.1) is 0 Å². The number of hydrogen-bond acceptors (Lipinski definition) is 5. The minimum Gasteiger partial charge on any atom is -0.485 e. The van der Waals surface area contributed by atoms with E-state index in [9.17, 15) is 4.79 Å².